The molecule has 0 atom stereocenters. The topological polar surface area (TPSA) is 79.0 Å². The van der Waals surface area contributed by atoms with Gasteiger partial charge in [-0.15, -0.1) is 0 Å². The number of ether oxygens (including phenoxy) is 1. The molecular weight excluding hydrogens is 409 g/mol. The van der Waals surface area contributed by atoms with Crippen LogP contribution in [0.3, 0.4) is 0 Å². The fourth-order valence-electron chi connectivity index (χ4n) is 3.07. The lowest BCUT2D eigenvalue weighted by Gasteiger charge is -2.20. The number of methoxy groups -OCH3 is 1. The van der Waals surface area contributed by atoms with Gasteiger partial charge in [0.15, 0.2) is 0 Å². The largest absolute Gasteiger partial charge is 0.495 e. The van der Waals surface area contributed by atoms with Crippen molar-refractivity contribution in [3.63, 3.8) is 0 Å². The van der Waals surface area contributed by atoms with E-state index < -0.39 is 10.0 Å². The minimum Gasteiger partial charge on any atom is -0.495 e. The van der Waals surface area contributed by atoms with Crippen molar-refractivity contribution in [2.24, 2.45) is 0 Å². The molecule has 0 aliphatic heterocycles. The van der Waals surface area contributed by atoms with Gasteiger partial charge < -0.3 is 10.1 Å². The Morgan fingerprint density at radius 3 is 2.40 bits per heavy atom. The number of anilines is 1. The molecule has 164 valence electrons. The predicted octanol–water partition coefficient (Wildman–Crippen LogP) is 2.94. The maximum absolute atomic E-state index is 13.8. The summed E-state index contributed by atoms with van der Waals surface area (Å²) in [7, 11) is -0.541. The lowest BCUT2D eigenvalue weighted by atomic mass is 10.2. The third kappa shape index (κ3) is 5.78. The lowest BCUT2D eigenvalue weighted by molar-refractivity contribution is -0.117. The molecule has 0 radical (unpaired) electrons. The molecule has 0 saturated carbocycles. The second-order valence-corrected chi connectivity index (χ2v) is 8.70. The highest BCUT2D eigenvalue weighted by molar-refractivity contribution is 7.89. The summed E-state index contributed by atoms with van der Waals surface area (Å²) < 4.78 is 45.9. The van der Waals surface area contributed by atoms with Gasteiger partial charge in [-0.05, 0) is 31.3 Å². The van der Waals surface area contributed by atoms with Gasteiger partial charge in [0.05, 0.1) is 24.2 Å². The Morgan fingerprint density at radius 2 is 1.80 bits per heavy atom. The third-order valence-corrected chi connectivity index (χ3v) is 6.65. The molecule has 2 aromatic rings. The number of sulfonamides is 1. The van der Waals surface area contributed by atoms with Gasteiger partial charge in [0.1, 0.15) is 11.6 Å². The molecule has 1 amide bonds. The molecular formula is C21H28FN3O4S. The fourth-order valence-corrected chi connectivity index (χ4v) is 4.55. The Balaban J connectivity index is 2.16. The van der Waals surface area contributed by atoms with Crippen LogP contribution < -0.4 is 10.1 Å². The molecule has 0 aliphatic carbocycles. The van der Waals surface area contributed by atoms with E-state index in [1.165, 1.54) is 35.7 Å². The molecule has 1 N–H and O–H groups in total. The van der Waals surface area contributed by atoms with Crippen LogP contribution in [0.2, 0.25) is 0 Å². The van der Waals surface area contributed by atoms with Gasteiger partial charge in [-0.25, -0.2) is 12.8 Å². The summed E-state index contributed by atoms with van der Waals surface area (Å²) in [5.74, 6) is -0.358. The van der Waals surface area contributed by atoms with E-state index in [9.17, 15) is 17.6 Å². The minimum atomic E-state index is -3.68. The molecule has 0 heterocycles. The van der Waals surface area contributed by atoms with E-state index in [2.05, 4.69) is 5.32 Å². The molecule has 7 nitrogen and oxygen atoms in total. The molecule has 0 aliphatic rings. The summed E-state index contributed by atoms with van der Waals surface area (Å²) in [5.41, 5.74) is 0.743. The molecule has 2 rings (SSSR count). The van der Waals surface area contributed by atoms with Gasteiger partial charge in [0.2, 0.25) is 15.9 Å². The first-order chi connectivity index (χ1) is 14.2. The van der Waals surface area contributed by atoms with E-state index >= 15 is 0 Å². The van der Waals surface area contributed by atoms with Crippen LogP contribution >= 0.6 is 0 Å². The maximum Gasteiger partial charge on any atom is 0.243 e. The first-order valence-electron chi connectivity index (χ1n) is 9.62. The van der Waals surface area contributed by atoms with Gasteiger partial charge in [0.25, 0.3) is 0 Å². The molecule has 0 saturated heterocycles. The number of carbonyl (C=O) groups excluding carboxylic acids is 1. The van der Waals surface area contributed by atoms with Gasteiger partial charge in [0, 0.05) is 25.2 Å². The Kier molecular flexibility index (Phi) is 8.33. The monoisotopic (exact) mass is 437 g/mol. The molecule has 0 bridgehead atoms. The zero-order valence-electron chi connectivity index (χ0n) is 17.7. The van der Waals surface area contributed by atoms with Gasteiger partial charge >= 0.3 is 0 Å². The van der Waals surface area contributed by atoms with E-state index in [0.717, 1.165) is 0 Å². The average Bonchev–Trinajstić information content (AvgIpc) is 2.70. The van der Waals surface area contributed by atoms with Crippen molar-refractivity contribution >= 4 is 21.6 Å². The van der Waals surface area contributed by atoms with Crippen LogP contribution in [0.4, 0.5) is 10.1 Å². The fraction of sp³-hybridized carbons (Fsp3) is 0.381. The number of hydrogen-bond acceptors (Lipinski definition) is 5. The number of nitrogens with zero attached hydrogens (tertiary/aromatic N) is 2. The lowest BCUT2D eigenvalue weighted by Crippen LogP contribution is -2.31. The highest BCUT2D eigenvalue weighted by Gasteiger charge is 2.23. The standard InChI is InChI=1S/C21H28FN3O4S/c1-5-25(6-2)30(27,28)17-11-12-20(29-4)19(13-17)23-21(26)15-24(3)14-16-9-7-8-10-18(16)22/h7-13H,5-6,14-15H2,1-4H3,(H,23,26). The number of halogens is 1. The quantitative estimate of drug-likeness (QED) is 0.618. The summed E-state index contributed by atoms with van der Waals surface area (Å²) in [6, 6.07) is 10.7. The molecule has 2 aromatic carbocycles. The van der Waals surface area contributed by atoms with E-state index in [1.807, 2.05) is 0 Å². The molecule has 0 unspecified atom stereocenters. The third-order valence-electron chi connectivity index (χ3n) is 4.60. The summed E-state index contributed by atoms with van der Waals surface area (Å²) in [6.45, 7) is 4.45. The molecule has 0 spiro atoms. The van der Waals surface area contributed by atoms with Gasteiger partial charge in [-0.3, -0.25) is 9.69 Å². The van der Waals surface area contributed by atoms with Crippen LogP contribution in [-0.4, -0.2) is 57.3 Å². The number of amides is 1. The van der Waals surface area contributed by atoms with Gasteiger partial charge in [-0.1, -0.05) is 32.0 Å². The smallest absolute Gasteiger partial charge is 0.243 e. The average molecular weight is 438 g/mol. The number of likely N-dealkylation sites (N-methyl/N-ethyl adjacent to an activating group) is 1. The zero-order valence-corrected chi connectivity index (χ0v) is 18.5. The maximum atomic E-state index is 13.8. The first kappa shape index (κ1) is 23.8. The SMILES string of the molecule is CCN(CC)S(=O)(=O)c1ccc(OC)c(NC(=O)CN(C)Cc2ccccc2F)c1. The zero-order chi connectivity index (χ0) is 22.3. The predicted molar refractivity (Wildman–Crippen MR) is 114 cm³/mol. The van der Waals surface area contributed by atoms with Crippen molar-refractivity contribution in [3.05, 3.63) is 53.8 Å². The van der Waals surface area contributed by atoms with Crippen molar-refractivity contribution in [2.75, 3.05) is 39.1 Å². The molecule has 0 fully saturated rings. The van der Waals surface area contributed by atoms with E-state index in [4.69, 9.17) is 4.74 Å². The highest BCUT2D eigenvalue weighted by Crippen LogP contribution is 2.29. The number of rotatable bonds is 10. The Hall–Kier alpha value is -2.49. The minimum absolute atomic E-state index is 0.00941. The Morgan fingerprint density at radius 1 is 1.13 bits per heavy atom. The Bertz CT molecular complexity index is 978. The van der Waals surface area contributed by atoms with E-state index in [1.54, 1.807) is 44.0 Å². The highest BCUT2D eigenvalue weighted by atomic mass is 32.2. The summed E-state index contributed by atoms with van der Waals surface area (Å²) >= 11 is 0. The van der Waals surface area contributed by atoms with Crippen LogP contribution in [0.1, 0.15) is 19.4 Å². The van der Waals surface area contributed by atoms with Crippen LogP contribution in [-0.2, 0) is 21.4 Å². The number of benzene rings is 2. The van der Waals surface area contributed by atoms with Crippen molar-refractivity contribution in [2.45, 2.75) is 25.3 Å². The van der Waals surface area contributed by atoms with Crippen LogP contribution in [0.15, 0.2) is 47.4 Å². The summed E-state index contributed by atoms with van der Waals surface area (Å²) in [4.78, 5) is 14.2. The Labute approximate surface area is 177 Å². The van der Waals surface area contributed by atoms with Crippen LogP contribution in [0, 0.1) is 5.82 Å². The molecule has 9 heteroatoms. The second-order valence-electron chi connectivity index (χ2n) is 6.76. The van der Waals surface area contributed by atoms with Crippen LogP contribution in [0.25, 0.3) is 0 Å². The van der Waals surface area contributed by atoms with Gasteiger partial charge in [-0.2, -0.15) is 4.31 Å². The summed E-state index contributed by atoms with van der Waals surface area (Å²) in [5, 5.41) is 2.70. The van der Waals surface area contributed by atoms with Crippen LogP contribution in [0.5, 0.6) is 5.75 Å². The number of hydrogen-bond donors (Lipinski definition) is 1. The van der Waals surface area contributed by atoms with E-state index in [0.29, 0.717) is 24.4 Å². The number of carbonyl (C=O) groups is 1. The van der Waals surface area contributed by atoms with E-state index in [-0.39, 0.29) is 35.4 Å². The normalized spacial score (nSPS) is 11.7. The first-order valence-corrected chi connectivity index (χ1v) is 11.1. The number of nitrogens with one attached hydrogen (secondary N) is 1. The second kappa shape index (κ2) is 10.5. The molecule has 0 aromatic heterocycles. The van der Waals surface area contributed by atoms with Crippen molar-refractivity contribution in [3.8, 4) is 5.75 Å². The van der Waals surface area contributed by atoms with Crippen molar-refractivity contribution < 1.29 is 22.3 Å². The summed E-state index contributed by atoms with van der Waals surface area (Å²) in [6.07, 6.45) is 0. The van der Waals surface area contributed by atoms with Crippen molar-refractivity contribution in [1.82, 2.24) is 9.21 Å². The molecule has 30 heavy (non-hydrogen) atoms. The van der Waals surface area contributed by atoms with Crippen molar-refractivity contribution in [1.29, 1.82) is 0 Å².